The van der Waals surface area contributed by atoms with Gasteiger partial charge in [-0.3, -0.25) is 0 Å². The monoisotopic (exact) mass is 273 g/mol. The zero-order valence-electron chi connectivity index (χ0n) is 10.4. The van der Waals surface area contributed by atoms with Crippen LogP contribution in [0.25, 0.3) is 0 Å². The van der Waals surface area contributed by atoms with Crippen LogP contribution in [0.5, 0.6) is 0 Å². The third kappa shape index (κ3) is 2.85. The number of thiophene rings is 1. The zero-order chi connectivity index (χ0) is 13.2. The molecule has 2 atom stereocenters. The summed E-state index contributed by atoms with van der Waals surface area (Å²) in [6.07, 6.45) is 1.17. The van der Waals surface area contributed by atoms with Gasteiger partial charge in [-0.05, 0) is 18.1 Å². The average Bonchev–Trinajstić information content (AvgIpc) is 3.05. The molecule has 19 heavy (non-hydrogen) atoms. The fourth-order valence-corrected chi connectivity index (χ4v) is 3.12. The van der Waals surface area contributed by atoms with E-state index in [-0.39, 0.29) is 0 Å². The van der Waals surface area contributed by atoms with Crippen LogP contribution in [-0.2, 0) is 6.54 Å². The quantitative estimate of drug-likeness (QED) is 0.880. The molecule has 2 unspecified atom stereocenters. The number of carboxylic acid groups (broad SMARTS) is 1. The van der Waals surface area contributed by atoms with E-state index in [1.807, 2.05) is 6.07 Å². The fourth-order valence-electron chi connectivity index (χ4n) is 2.31. The van der Waals surface area contributed by atoms with Gasteiger partial charge in [0.05, 0.1) is 5.56 Å². The molecule has 1 saturated carbocycles. The summed E-state index contributed by atoms with van der Waals surface area (Å²) < 4.78 is 0. The molecule has 3 rings (SSSR count). The summed E-state index contributed by atoms with van der Waals surface area (Å²) >= 11 is 1.50. The Kier molecular flexibility index (Phi) is 3.36. The predicted molar refractivity (Wildman–Crippen MR) is 75.7 cm³/mol. The van der Waals surface area contributed by atoms with Crippen molar-refractivity contribution in [3.63, 3.8) is 0 Å². The van der Waals surface area contributed by atoms with E-state index in [1.54, 1.807) is 11.4 Å². The summed E-state index contributed by atoms with van der Waals surface area (Å²) in [6.45, 7) is 0.756. The van der Waals surface area contributed by atoms with Crippen LogP contribution in [0.4, 0.5) is 0 Å². The SMILES string of the molecule is O=C(O)c1csc(CNC2CC2c2ccccc2)c1. The maximum atomic E-state index is 10.8. The Morgan fingerprint density at radius 2 is 2.16 bits per heavy atom. The van der Waals surface area contributed by atoms with Crippen LogP contribution in [-0.4, -0.2) is 17.1 Å². The predicted octanol–water partition coefficient (Wildman–Crippen LogP) is 3.09. The van der Waals surface area contributed by atoms with Crippen LogP contribution in [0.1, 0.15) is 33.1 Å². The Morgan fingerprint density at radius 3 is 2.84 bits per heavy atom. The standard InChI is InChI=1S/C15H15NO2S/c17-15(18)11-6-12(19-9-11)8-16-14-7-13(14)10-4-2-1-3-5-10/h1-6,9,13-14,16H,7-8H2,(H,17,18). The normalized spacial score (nSPS) is 21.3. The molecule has 0 bridgehead atoms. The Balaban J connectivity index is 1.53. The van der Waals surface area contributed by atoms with E-state index in [4.69, 9.17) is 5.11 Å². The molecule has 0 saturated heterocycles. The van der Waals surface area contributed by atoms with Crippen molar-refractivity contribution in [2.45, 2.75) is 24.9 Å². The summed E-state index contributed by atoms with van der Waals surface area (Å²) in [5.74, 6) is -0.240. The number of hydrogen-bond acceptors (Lipinski definition) is 3. The van der Waals surface area contributed by atoms with E-state index < -0.39 is 5.97 Å². The van der Waals surface area contributed by atoms with Gasteiger partial charge < -0.3 is 10.4 Å². The highest BCUT2D eigenvalue weighted by Gasteiger charge is 2.37. The maximum absolute atomic E-state index is 10.8. The second-order valence-corrected chi connectivity index (χ2v) is 5.84. The van der Waals surface area contributed by atoms with Gasteiger partial charge in [0.15, 0.2) is 0 Å². The van der Waals surface area contributed by atoms with Crippen LogP contribution in [0.2, 0.25) is 0 Å². The second kappa shape index (κ2) is 5.15. The molecule has 2 N–H and O–H groups in total. The Morgan fingerprint density at radius 1 is 1.37 bits per heavy atom. The molecular weight excluding hydrogens is 258 g/mol. The van der Waals surface area contributed by atoms with Gasteiger partial charge in [-0.1, -0.05) is 30.3 Å². The zero-order valence-corrected chi connectivity index (χ0v) is 11.2. The minimum Gasteiger partial charge on any atom is -0.478 e. The average molecular weight is 273 g/mol. The van der Waals surface area contributed by atoms with Crippen LogP contribution >= 0.6 is 11.3 Å². The van der Waals surface area contributed by atoms with Gasteiger partial charge in [0.2, 0.25) is 0 Å². The number of rotatable bonds is 5. The third-order valence-corrected chi connectivity index (χ3v) is 4.39. The summed E-state index contributed by atoms with van der Waals surface area (Å²) in [6, 6.07) is 12.8. The van der Waals surface area contributed by atoms with E-state index in [0.29, 0.717) is 17.5 Å². The molecule has 2 aromatic rings. The lowest BCUT2D eigenvalue weighted by molar-refractivity contribution is 0.0697. The molecule has 1 aliphatic rings. The largest absolute Gasteiger partial charge is 0.478 e. The van der Waals surface area contributed by atoms with Gasteiger partial charge in [-0.25, -0.2) is 4.79 Å². The van der Waals surface area contributed by atoms with Gasteiger partial charge in [0, 0.05) is 28.8 Å². The molecule has 1 aliphatic carbocycles. The first kappa shape index (κ1) is 12.4. The molecule has 1 heterocycles. The number of carbonyl (C=O) groups is 1. The number of aromatic carboxylic acids is 1. The van der Waals surface area contributed by atoms with Crippen molar-refractivity contribution in [2.24, 2.45) is 0 Å². The molecule has 4 heteroatoms. The lowest BCUT2D eigenvalue weighted by atomic mass is 10.1. The van der Waals surface area contributed by atoms with Gasteiger partial charge >= 0.3 is 5.97 Å². The first-order chi connectivity index (χ1) is 9.24. The van der Waals surface area contributed by atoms with Crippen molar-refractivity contribution < 1.29 is 9.90 Å². The van der Waals surface area contributed by atoms with Gasteiger partial charge in [0.1, 0.15) is 0 Å². The summed E-state index contributed by atoms with van der Waals surface area (Å²) in [5.41, 5.74) is 1.77. The van der Waals surface area contributed by atoms with Crippen molar-refractivity contribution in [2.75, 3.05) is 0 Å². The van der Waals surface area contributed by atoms with E-state index in [2.05, 4.69) is 29.6 Å². The Bertz CT molecular complexity index is 579. The highest BCUT2D eigenvalue weighted by Crippen LogP contribution is 2.40. The van der Waals surface area contributed by atoms with Gasteiger partial charge in [-0.2, -0.15) is 0 Å². The van der Waals surface area contributed by atoms with Crippen molar-refractivity contribution in [3.05, 3.63) is 57.8 Å². The minimum absolute atomic E-state index is 0.386. The summed E-state index contributed by atoms with van der Waals surface area (Å²) in [7, 11) is 0. The van der Waals surface area contributed by atoms with E-state index in [1.165, 1.54) is 23.3 Å². The number of carboxylic acids is 1. The van der Waals surface area contributed by atoms with Gasteiger partial charge in [0.25, 0.3) is 0 Å². The van der Waals surface area contributed by atoms with Crippen molar-refractivity contribution >= 4 is 17.3 Å². The van der Waals surface area contributed by atoms with Crippen LogP contribution in [0.15, 0.2) is 41.8 Å². The second-order valence-electron chi connectivity index (χ2n) is 4.85. The van der Waals surface area contributed by atoms with Crippen LogP contribution in [0.3, 0.4) is 0 Å². The van der Waals surface area contributed by atoms with Crippen molar-refractivity contribution in [3.8, 4) is 0 Å². The molecule has 0 amide bonds. The molecule has 98 valence electrons. The molecular formula is C15H15NO2S. The van der Waals surface area contributed by atoms with Crippen LogP contribution in [0, 0.1) is 0 Å². The molecule has 0 spiro atoms. The number of nitrogens with one attached hydrogen (secondary N) is 1. The molecule has 3 nitrogen and oxygen atoms in total. The summed E-state index contributed by atoms with van der Waals surface area (Å²) in [4.78, 5) is 11.9. The van der Waals surface area contributed by atoms with Crippen LogP contribution < -0.4 is 5.32 Å². The molecule has 1 aromatic heterocycles. The Hall–Kier alpha value is -1.65. The topological polar surface area (TPSA) is 49.3 Å². The van der Waals surface area contributed by atoms with Crippen molar-refractivity contribution in [1.29, 1.82) is 0 Å². The highest BCUT2D eigenvalue weighted by atomic mass is 32.1. The maximum Gasteiger partial charge on any atom is 0.336 e. The lowest BCUT2D eigenvalue weighted by Gasteiger charge is -2.02. The van der Waals surface area contributed by atoms with E-state index in [0.717, 1.165) is 11.4 Å². The summed E-state index contributed by atoms with van der Waals surface area (Å²) in [5, 5.41) is 14.1. The first-order valence-electron chi connectivity index (χ1n) is 6.33. The highest BCUT2D eigenvalue weighted by molar-refractivity contribution is 7.10. The lowest BCUT2D eigenvalue weighted by Crippen LogP contribution is -2.16. The molecule has 1 aromatic carbocycles. The molecule has 0 radical (unpaired) electrons. The van der Waals surface area contributed by atoms with Gasteiger partial charge in [-0.15, -0.1) is 11.3 Å². The Labute approximate surface area is 115 Å². The third-order valence-electron chi connectivity index (χ3n) is 3.46. The van der Waals surface area contributed by atoms with E-state index in [9.17, 15) is 4.79 Å². The number of benzene rings is 1. The minimum atomic E-state index is -0.851. The molecule has 1 fully saturated rings. The molecule has 0 aliphatic heterocycles. The first-order valence-corrected chi connectivity index (χ1v) is 7.21. The van der Waals surface area contributed by atoms with E-state index >= 15 is 0 Å². The van der Waals surface area contributed by atoms with Crippen molar-refractivity contribution in [1.82, 2.24) is 5.32 Å². The number of hydrogen-bond donors (Lipinski definition) is 2. The fraction of sp³-hybridized carbons (Fsp3) is 0.267. The smallest absolute Gasteiger partial charge is 0.336 e.